The lowest BCUT2D eigenvalue weighted by Crippen LogP contribution is -2.30. The predicted molar refractivity (Wildman–Crippen MR) is 69.5 cm³/mol. The molecule has 2 unspecified atom stereocenters. The maximum Gasteiger partial charge on any atom is 0.0111 e. The zero-order valence-electron chi connectivity index (χ0n) is 9.86. The number of benzene rings is 1. The lowest BCUT2D eigenvalue weighted by molar-refractivity contribution is 0.444. The SMILES string of the molecule is C=CCCC(N)C1CCCc2ccccc21. The van der Waals surface area contributed by atoms with Crippen molar-refractivity contribution in [3.8, 4) is 0 Å². The van der Waals surface area contributed by atoms with Crippen LogP contribution in [0.15, 0.2) is 36.9 Å². The molecule has 1 heteroatoms. The summed E-state index contributed by atoms with van der Waals surface area (Å²) in [6, 6.07) is 9.07. The van der Waals surface area contributed by atoms with Crippen LogP contribution in [0.2, 0.25) is 0 Å². The van der Waals surface area contributed by atoms with E-state index in [0.717, 1.165) is 12.8 Å². The highest BCUT2D eigenvalue weighted by atomic mass is 14.6. The molecule has 1 aromatic carbocycles. The maximum atomic E-state index is 6.30. The quantitative estimate of drug-likeness (QED) is 0.765. The molecule has 0 aromatic heterocycles. The first-order valence-electron chi connectivity index (χ1n) is 6.27. The summed E-state index contributed by atoms with van der Waals surface area (Å²) in [6.07, 6.45) is 7.80. The summed E-state index contributed by atoms with van der Waals surface area (Å²) >= 11 is 0. The van der Waals surface area contributed by atoms with Gasteiger partial charge in [-0.15, -0.1) is 6.58 Å². The Morgan fingerprint density at radius 1 is 1.44 bits per heavy atom. The molecule has 16 heavy (non-hydrogen) atoms. The first-order valence-corrected chi connectivity index (χ1v) is 6.27. The van der Waals surface area contributed by atoms with Crippen LogP contribution in [0.25, 0.3) is 0 Å². The molecule has 2 atom stereocenters. The Labute approximate surface area is 98.4 Å². The summed E-state index contributed by atoms with van der Waals surface area (Å²) in [6.45, 7) is 3.77. The van der Waals surface area contributed by atoms with Crippen molar-refractivity contribution in [1.29, 1.82) is 0 Å². The van der Waals surface area contributed by atoms with Crippen LogP contribution in [-0.4, -0.2) is 6.04 Å². The minimum absolute atomic E-state index is 0.291. The Balaban J connectivity index is 2.14. The topological polar surface area (TPSA) is 26.0 Å². The molecule has 1 aliphatic carbocycles. The maximum absolute atomic E-state index is 6.30. The third-order valence-electron chi connectivity index (χ3n) is 3.64. The van der Waals surface area contributed by atoms with Crippen LogP contribution in [-0.2, 0) is 6.42 Å². The van der Waals surface area contributed by atoms with Crippen molar-refractivity contribution in [3.63, 3.8) is 0 Å². The fraction of sp³-hybridized carbons (Fsp3) is 0.467. The first kappa shape index (κ1) is 11.4. The molecule has 1 nitrogen and oxygen atoms in total. The molecule has 0 bridgehead atoms. The smallest absolute Gasteiger partial charge is 0.0111 e. The second-order valence-corrected chi connectivity index (χ2v) is 4.73. The minimum Gasteiger partial charge on any atom is -0.327 e. The summed E-state index contributed by atoms with van der Waals surface area (Å²) in [4.78, 5) is 0. The van der Waals surface area contributed by atoms with Crippen molar-refractivity contribution in [2.45, 2.75) is 44.1 Å². The van der Waals surface area contributed by atoms with Crippen molar-refractivity contribution in [1.82, 2.24) is 0 Å². The van der Waals surface area contributed by atoms with Gasteiger partial charge in [-0.2, -0.15) is 0 Å². The molecule has 0 aliphatic heterocycles. The van der Waals surface area contributed by atoms with E-state index >= 15 is 0 Å². The van der Waals surface area contributed by atoms with E-state index in [9.17, 15) is 0 Å². The van der Waals surface area contributed by atoms with Crippen molar-refractivity contribution in [2.24, 2.45) is 5.73 Å². The molecule has 0 saturated heterocycles. The van der Waals surface area contributed by atoms with Gasteiger partial charge in [-0.1, -0.05) is 30.3 Å². The van der Waals surface area contributed by atoms with Crippen LogP contribution < -0.4 is 5.73 Å². The van der Waals surface area contributed by atoms with E-state index in [1.165, 1.54) is 30.4 Å². The van der Waals surface area contributed by atoms with E-state index in [0.29, 0.717) is 12.0 Å². The van der Waals surface area contributed by atoms with Crippen LogP contribution in [0.3, 0.4) is 0 Å². The summed E-state index contributed by atoms with van der Waals surface area (Å²) in [5, 5.41) is 0. The highest BCUT2D eigenvalue weighted by molar-refractivity contribution is 5.33. The molecule has 1 aromatic rings. The Morgan fingerprint density at radius 3 is 3.06 bits per heavy atom. The van der Waals surface area contributed by atoms with Gasteiger partial charge in [0.2, 0.25) is 0 Å². The molecule has 2 N–H and O–H groups in total. The van der Waals surface area contributed by atoms with E-state index in [4.69, 9.17) is 5.73 Å². The van der Waals surface area contributed by atoms with Gasteiger partial charge in [0.15, 0.2) is 0 Å². The Hall–Kier alpha value is -1.08. The fourth-order valence-corrected chi connectivity index (χ4v) is 2.75. The molecule has 86 valence electrons. The minimum atomic E-state index is 0.291. The fourth-order valence-electron chi connectivity index (χ4n) is 2.75. The summed E-state index contributed by atoms with van der Waals surface area (Å²) in [5.41, 5.74) is 9.30. The van der Waals surface area contributed by atoms with Gasteiger partial charge in [-0.25, -0.2) is 0 Å². The number of hydrogen-bond donors (Lipinski definition) is 1. The predicted octanol–water partition coefficient (Wildman–Crippen LogP) is 3.40. The van der Waals surface area contributed by atoms with Crippen LogP contribution >= 0.6 is 0 Å². The molecular weight excluding hydrogens is 194 g/mol. The van der Waals surface area contributed by atoms with E-state index in [-0.39, 0.29) is 0 Å². The molecule has 0 amide bonds. The summed E-state index contributed by atoms with van der Waals surface area (Å²) < 4.78 is 0. The van der Waals surface area contributed by atoms with E-state index < -0.39 is 0 Å². The second-order valence-electron chi connectivity index (χ2n) is 4.73. The van der Waals surface area contributed by atoms with Gasteiger partial charge >= 0.3 is 0 Å². The average molecular weight is 215 g/mol. The van der Waals surface area contributed by atoms with E-state index in [1.54, 1.807) is 0 Å². The van der Waals surface area contributed by atoms with Crippen molar-refractivity contribution in [3.05, 3.63) is 48.0 Å². The van der Waals surface area contributed by atoms with E-state index in [2.05, 4.69) is 30.8 Å². The van der Waals surface area contributed by atoms with Crippen LogP contribution in [0.5, 0.6) is 0 Å². The summed E-state index contributed by atoms with van der Waals surface area (Å²) in [7, 11) is 0. The number of hydrogen-bond acceptors (Lipinski definition) is 1. The van der Waals surface area contributed by atoms with Crippen molar-refractivity contribution in [2.75, 3.05) is 0 Å². The van der Waals surface area contributed by atoms with Crippen molar-refractivity contribution < 1.29 is 0 Å². The molecule has 0 saturated carbocycles. The molecule has 0 heterocycles. The van der Waals surface area contributed by atoms with Gasteiger partial charge in [-0.05, 0) is 49.1 Å². The normalized spacial score (nSPS) is 21.2. The molecule has 0 radical (unpaired) electrons. The number of aryl methyl sites for hydroxylation is 1. The first-order chi connectivity index (χ1) is 7.83. The average Bonchev–Trinajstić information content (AvgIpc) is 2.35. The molecule has 0 fully saturated rings. The van der Waals surface area contributed by atoms with Gasteiger partial charge in [0, 0.05) is 6.04 Å². The number of nitrogens with two attached hydrogens (primary N) is 1. The highest BCUT2D eigenvalue weighted by Gasteiger charge is 2.24. The zero-order valence-corrected chi connectivity index (χ0v) is 9.86. The zero-order chi connectivity index (χ0) is 11.4. The van der Waals surface area contributed by atoms with Crippen LogP contribution in [0, 0.1) is 0 Å². The monoisotopic (exact) mass is 215 g/mol. The number of rotatable bonds is 4. The standard InChI is InChI=1S/C15H21N/c1-2-3-11-15(16)14-10-6-8-12-7-4-5-9-13(12)14/h2,4-5,7,9,14-15H,1,3,6,8,10-11,16H2. The second kappa shape index (κ2) is 5.31. The highest BCUT2D eigenvalue weighted by Crippen LogP contribution is 2.34. The van der Waals surface area contributed by atoms with Crippen molar-refractivity contribution >= 4 is 0 Å². The van der Waals surface area contributed by atoms with Gasteiger partial charge < -0.3 is 5.73 Å². The number of allylic oxidation sites excluding steroid dienone is 1. The number of fused-ring (bicyclic) bond motifs is 1. The lowest BCUT2D eigenvalue weighted by Gasteiger charge is -2.30. The Morgan fingerprint density at radius 2 is 2.25 bits per heavy atom. The van der Waals surface area contributed by atoms with Crippen LogP contribution in [0.4, 0.5) is 0 Å². The van der Waals surface area contributed by atoms with Crippen LogP contribution in [0.1, 0.15) is 42.7 Å². The van der Waals surface area contributed by atoms with Gasteiger partial charge in [0.25, 0.3) is 0 Å². The Bertz CT molecular complexity index is 356. The third-order valence-corrected chi connectivity index (χ3v) is 3.64. The lowest BCUT2D eigenvalue weighted by atomic mass is 9.78. The third kappa shape index (κ3) is 2.35. The molecule has 0 spiro atoms. The van der Waals surface area contributed by atoms with Gasteiger partial charge in [-0.3, -0.25) is 0 Å². The van der Waals surface area contributed by atoms with Gasteiger partial charge in [0.1, 0.15) is 0 Å². The largest absolute Gasteiger partial charge is 0.327 e. The molecular formula is C15H21N. The van der Waals surface area contributed by atoms with E-state index in [1.807, 2.05) is 6.08 Å². The Kier molecular flexibility index (Phi) is 3.79. The molecule has 2 rings (SSSR count). The van der Waals surface area contributed by atoms with Gasteiger partial charge in [0.05, 0.1) is 0 Å². The molecule has 1 aliphatic rings. The summed E-state index contributed by atoms with van der Waals surface area (Å²) in [5.74, 6) is 0.560.